The van der Waals surface area contributed by atoms with Crippen LogP contribution in [0.1, 0.15) is 53.8 Å². The molecule has 2 unspecified atom stereocenters. The molecule has 5 nitrogen and oxygen atoms in total. The summed E-state index contributed by atoms with van der Waals surface area (Å²) in [7, 11) is 0. The monoisotopic (exact) mass is 342 g/mol. The van der Waals surface area contributed by atoms with E-state index in [9.17, 15) is 0 Å². The minimum Gasteiger partial charge on any atom is -0.424 e. The quantitative estimate of drug-likeness (QED) is 0.738. The average molecular weight is 342 g/mol. The molecule has 24 heavy (non-hydrogen) atoms. The van der Waals surface area contributed by atoms with Crippen LogP contribution in [0.4, 0.5) is 0 Å². The molecule has 6 heteroatoms. The molecule has 0 aliphatic heterocycles. The highest BCUT2D eigenvalue weighted by molar-refractivity contribution is 7.15. The van der Waals surface area contributed by atoms with Crippen molar-refractivity contribution in [3.05, 3.63) is 52.2 Å². The van der Waals surface area contributed by atoms with Gasteiger partial charge in [0.2, 0.25) is 11.8 Å². The Labute approximate surface area is 146 Å². The highest BCUT2D eigenvalue weighted by atomic mass is 32.1. The van der Waals surface area contributed by atoms with Gasteiger partial charge in [-0.15, -0.1) is 21.5 Å². The molecule has 0 radical (unpaired) electrons. The molecule has 0 saturated carbocycles. The molecule has 0 aliphatic carbocycles. The smallest absolute Gasteiger partial charge is 0.233 e. The third-order valence-electron chi connectivity index (χ3n) is 3.94. The first-order valence-corrected chi connectivity index (χ1v) is 8.86. The van der Waals surface area contributed by atoms with E-state index < -0.39 is 0 Å². The maximum absolute atomic E-state index is 5.50. The Balaban J connectivity index is 1.77. The zero-order valence-corrected chi connectivity index (χ0v) is 15.4. The number of hydrogen-bond donors (Lipinski definition) is 1. The minimum absolute atomic E-state index is 0.00877. The number of hydrogen-bond acceptors (Lipinski definition) is 6. The topological polar surface area (TPSA) is 63.8 Å². The van der Waals surface area contributed by atoms with Crippen LogP contribution in [0.5, 0.6) is 0 Å². The molecule has 2 atom stereocenters. The number of thiazole rings is 1. The molecule has 0 saturated heterocycles. The molecule has 1 N–H and O–H groups in total. The van der Waals surface area contributed by atoms with E-state index in [0.29, 0.717) is 11.8 Å². The van der Waals surface area contributed by atoms with Crippen molar-refractivity contribution in [1.82, 2.24) is 20.5 Å². The predicted molar refractivity (Wildman–Crippen MR) is 96.0 cm³/mol. The molecule has 0 amide bonds. The molecular weight excluding hydrogens is 320 g/mol. The van der Waals surface area contributed by atoms with Crippen molar-refractivity contribution >= 4 is 11.3 Å². The first-order chi connectivity index (χ1) is 11.4. The van der Waals surface area contributed by atoms with Gasteiger partial charge in [-0.3, -0.25) is 5.32 Å². The lowest BCUT2D eigenvalue weighted by Gasteiger charge is -2.16. The number of nitrogens with zero attached hydrogens (tertiary/aromatic N) is 3. The third-order valence-corrected chi connectivity index (χ3v) is 5.33. The van der Waals surface area contributed by atoms with E-state index in [1.807, 2.05) is 6.92 Å². The summed E-state index contributed by atoms with van der Waals surface area (Å²) in [5.74, 6) is 1.20. The van der Waals surface area contributed by atoms with Crippen LogP contribution in [0.15, 0.2) is 28.7 Å². The van der Waals surface area contributed by atoms with Crippen LogP contribution < -0.4 is 5.32 Å². The van der Waals surface area contributed by atoms with E-state index in [1.165, 1.54) is 10.4 Å². The van der Waals surface area contributed by atoms with Crippen molar-refractivity contribution in [3.63, 3.8) is 0 Å². The van der Waals surface area contributed by atoms with E-state index in [0.717, 1.165) is 16.3 Å². The summed E-state index contributed by atoms with van der Waals surface area (Å²) in [4.78, 5) is 5.97. The Kier molecular flexibility index (Phi) is 4.78. The summed E-state index contributed by atoms with van der Waals surface area (Å²) in [6, 6.07) is 8.63. The van der Waals surface area contributed by atoms with Crippen LogP contribution in [0.3, 0.4) is 0 Å². The van der Waals surface area contributed by atoms with Crippen LogP contribution in [0.2, 0.25) is 0 Å². The Morgan fingerprint density at radius 2 is 1.71 bits per heavy atom. The van der Waals surface area contributed by atoms with Gasteiger partial charge in [0.1, 0.15) is 5.01 Å². The van der Waals surface area contributed by atoms with Crippen molar-refractivity contribution in [3.8, 4) is 10.6 Å². The lowest BCUT2D eigenvalue weighted by atomic mass is 10.1. The summed E-state index contributed by atoms with van der Waals surface area (Å²) < 4.78 is 5.50. The van der Waals surface area contributed by atoms with Crippen LogP contribution in [-0.2, 0) is 0 Å². The number of aryl methyl sites for hydroxylation is 3. The summed E-state index contributed by atoms with van der Waals surface area (Å²) in [6.45, 7) is 10.1. The Morgan fingerprint density at radius 3 is 2.33 bits per heavy atom. The van der Waals surface area contributed by atoms with Gasteiger partial charge in [0.25, 0.3) is 0 Å². The molecule has 0 aliphatic rings. The van der Waals surface area contributed by atoms with Gasteiger partial charge in [0.05, 0.1) is 11.7 Å². The van der Waals surface area contributed by atoms with Crippen LogP contribution >= 0.6 is 11.3 Å². The van der Waals surface area contributed by atoms with Gasteiger partial charge in [-0.1, -0.05) is 29.8 Å². The zero-order chi connectivity index (χ0) is 17.3. The average Bonchev–Trinajstić information content (AvgIpc) is 3.14. The van der Waals surface area contributed by atoms with Crippen LogP contribution in [-0.4, -0.2) is 15.2 Å². The predicted octanol–water partition coefficient (Wildman–Crippen LogP) is 4.53. The zero-order valence-electron chi connectivity index (χ0n) is 14.6. The number of benzene rings is 1. The normalized spacial score (nSPS) is 13.9. The highest BCUT2D eigenvalue weighted by Gasteiger charge is 2.20. The number of rotatable bonds is 5. The molecule has 3 aromatic rings. The fourth-order valence-electron chi connectivity index (χ4n) is 2.64. The van der Waals surface area contributed by atoms with Crippen LogP contribution in [0, 0.1) is 20.8 Å². The van der Waals surface area contributed by atoms with E-state index in [1.54, 1.807) is 18.3 Å². The van der Waals surface area contributed by atoms with E-state index >= 15 is 0 Å². The van der Waals surface area contributed by atoms with E-state index in [4.69, 9.17) is 9.40 Å². The molecule has 2 aromatic heterocycles. The van der Waals surface area contributed by atoms with Gasteiger partial charge in [-0.2, -0.15) is 0 Å². The van der Waals surface area contributed by atoms with Crippen molar-refractivity contribution in [1.29, 1.82) is 0 Å². The van der Waals surface area contributed by atoms with Crippen molar-refractivity contribution in [2.45, 2.75) is 46.7 Å². The summed E-state index contributed by atoms with van der Waals surface area (Å²) >= 11 is 1.73. The lowest BCUT2D eigenvalue weighted by molar-refractivity contribution is 0.381. The molecule has 0 fully saturated rings. The Bertz CT molecular complexity index is 822. The van der Waals surface area contributed by atoms with Crippen LogP contribution in [0.25, 0.3) is 10.6 Å². The standard InChI is InChI=1S/C18H22N4OS/c1-10-6-8-15(9-7-10)18-20-12(3)16(24-18)11(2)19-13(4)17-22-21-14(5)23-17/h6-9,11,13,19H,1-5H3. The Hall–Kier alpha value is -2.05. The first-order valence-electron chi connectivity index (χ1n) is 8.04. The fourth-order valence-corrected chi connectivity index (χ4v) is 3.72. The molecule has 0 bridgehead atoms. The largest absolute Gasteiger partial charge is 0.424 e. The van der Waals surface area contributed by atoms with E-state index in [-0.39, 0.29) is 12.1 Å². The van der Waals surface area contributed by atoms with Gasteiger partial charge in [-0.25, -0.2) is 4.98 Å². The van der Waals surface area contributed by atoms with Gasteiger partial charge in [-0.05, 0) is 27.7 Å². The second kappa shape index (κ2) is 6.83. The maximum Gasteiger partial charge on any atom is 0.233 e. The molecule has 2 heterocycles. The molecule has 3 rings (SSSR count). The van der Waals surface area contributed by atoms with Crippen molar-refractivity contribution in [2.24, 2.45) is 0 Å². The highest BCUT2D eigenvalue weighted by Crippen LogP contribution is 2.32. The molecule has 1 aromatic carbocycles. The van der Waals surface area contributed by atoms with Gasteiger partial charge in [0.15, 0.2) is 0 Å². The minimum atomic E-state index is -0.00877. The SMILES string of the molecule is Cc1ccc(-c2nc(C)c(C(C)NC(C)c3nnc(C)o3)s2)cc1. The third kappa shape index (κ3) is 3.55. The summed E-state index contributed by atoms with van der Waals surface area (Å²) in [5.41, 5.74) is 3.48. The van der Waals surface area contributed by atoms with Gasteiger partial charge < -0.3 is 4.42 Å². The molecule has 0 spiro atoms. The van der Waals surface area contributed by atoms with Crippen molar-refractivity contribution in [2.75, 3.05) is 0 Å². The number of aromatic nitrogens is 3. The first kappa shape index (κ1) is 16.8. The Morgan fingerprint density at radius 1 is 1.00 bits per heavy atom. The second-order valence-electron chi connectivity index (χ2n) is 6.10. The van der Waals surface area contributed by atoms with Crippen molar-refractivity contribution < 1.29 is 4.42 Å². The summed E-state index contributed by atoms with van der Waals surface area (Å²) in [5, 5.41) is 12.5. The second-order valence-corrected chi connectivity index (χ2v) is 7.13. The number of nitrogens with one attached hydrogen (secondary N) is 1. The van der Waals surface area contributed by atoms with Gasteiger partial charge >= 0.3 is 0 Å². The molecular formula is C18H22N4OS. The maximum atomic E-state index is 5.50. The molecule has 126 valence electrons. The van der Waals surface area contributed by atoms with Gasteiger partial charge in [0, 0.05) is 23.4 Å². The lowest BCUT2D eigenvalue weighted by Crippen LogP contribution is -2.22. The summed E-state index contributed by atoms with van der Waals surface area (Å²) in [6.07, 6.45) is 0. The fraction of sp³-hybridized carbons (Fsp3) is 0.389. The van der Waals surface area contributed by atoms with E-state index in [2.05, 4.69) is 60.6 Å².